The van der Waals surface area contributed by atoms with E-state index in [-0.39, 0.29) is 19.6 Å². The van der Waals surface area contributed by atoms with E-state index in [1.165, 1.54) is 4.90 Å². The standard InChI is InChI=1S/C11H16F2N2O4/c1-9(2,3)18-8(17)15-5-10(6-15)4-14-7(16)11(12,13)19-10/h4-6H2,1-3H3,(H,14,16). The van der Waals surface area contributed by atoms with Crippen molar-refractivity contribution in [3.8, 4) is 0 Å². The molecule has 0 aliphatic carbocycles. The lowest BCUT2D eigenvalue weighted by Gasteiger charge is -2.51. The van der Waals surface area contributed by atoms with Gasteiger partial charge in [-0.25, -0.2) is 4.79 Å². The smallest absolute Gasteiger partial charge is 0.437 e. The van der Waals surface area contributed by atoms with Gasteiger partial charge in [-0.05, 0) is 20.8 Å². The lowest BCUT2D eigenvalue weighted by atomic mass is 9.93. The van der Waals surface area contributed by atoms with Crippen molar-refractivity contribution in [2.24, 2.45) is 0 Å². The van der Waals surface area contributed by atoms with Crippen LogP contribution in [0.15, 0.2) is 0 Å². The topological polar surface area (TPSA) is 67.9 Å². The molecule has 1 spiro atoms. The van der Waals surface area contributed by atoms with Crippen LogP contribution in [0.2, 0.25) is 0 Å². The maximum absolute atomic E-state index is 13.1. The maximum Gasteiger partial charge on any atom is 0.437 e. The second-order valence-corrected chi connectivity index (χ2v) is 5.82. The molecule has 0 unspecified atom stereocenters. The minimum absolute atomic E-state index is 0.0300. The molecule has 2 aliphatic heterocycles. The lowest BCUT2D eigenvalue weighted by Crippen LogP contribution is -2.74. The summed E-state index contributed by atoms with van der Waals surface area (Å²) in [5.41, 5.74) is -1.86. The number of hydrogen-bond donors (Lipinski definition) is 1. The van der Waals surface area contributed by atoms with Crippen LogP contribution < -0.4 is 5.32 Å². The Balaban J connectivity index is 1.92. The molecule has 0 atom stereocenters. The summed E-state index contributed by atoms with van der Waals surface area (Å²) in [6.07, 6.45) is -4.43. The van der Waals surface area contributed by atoms with Crippen LogP contribution in [0.5, 0.6) is 0 Å². The van der Waals surface area contributed by atoms with Gasteiger partial charge in [0, 0.05) is 0 Å². The summed E-state index contributed by atoms with van der Waals surface area (Å²) in [6, 6.07) is 0. The minimum Gasteiger partial charge on any atom is -0.444 e. The summed E-state index contributed by atoms with van der Waals surface area (Å²) in [4.78, 5) is 23.8. The van der Waals surface area contributed by atoms with Crippen LogP contribution in [0.4, 0.5) is 13.6 Å². The molecule has 2 saturated heterocycles. The van der Waals surface area contributed by atoms with E-state index in [4.69, 9.17) is 4.74 Å². The molecule has 2 aliphatic rings. The second kappa shape index (κ2) is 4.03. The summed E-state index contributed by atoms with van der Waals surface area (Å²) < 4.78 is 35.9. The van der Waals surface area contributed by atoms with Gasteiger partial charge in [0.25, 0.3) is 0 Å². The number of likely N-dealkylation sites (tertiary alicyclic amines) is 1. The Morgan fingerprint density at radius 1 is 1.42 bits per heavy atom. The molecule has 2 rings (SSSR count). The molecule has 2 amide bonds. The summed E-state index contributed by atoms with van der Waals surface area (Å²) in [6.45, 7) is 5.04. The Kier molecular flexibility index (Phi) is 2.96. The van der Waals surface area contributed by atoms with Gasteiger partial charge < -0.3 is 19.7 Å². The third kappa shape index (κ3) is 2.78. The van der Waals surface area contributed by atoms with Gasteiger partial charge in [-0.3, -0.25) is 4.79 Å². The average Bonchev–Trinajstić information content (AvgIpc) is 2.16. The number of morpholine rings is 1. The molecule has 0 saturated carbocycles. The Hall–Kier alpha value is -1.44. The molecule has 0 aromatic carbocycles. The minimum atomic E-state index is -3.85. The number of amides is 2. The highest BCUT2D eigenvalue weighted by Gasteiger charge is 2.59. The van der Waals surface area contributed by atoms with Crippen molar-refractivity contribution >= 4 is 12.0 Å². The Labute approximate surface area is 109 Å². The van der Waals surface area contributed by atoms with Gasteiger partial charge in [-0.1, -0.05) is 0 Å². The van der Waals surface area contributed by atoms with Gasteiger partial charge in [0.15, 0.2) is 0 Å². The zero-order chi connectivity index (χ0) is 14.5. The summed E-state index contributed by atoms with van der Waals surface area (Å²) in [5, 5.41) is 2.08. The van der Waals surface area contributed by atoms with Crippen LogP contribution >= 0.6 is 0 Å². The van der Waals surface area contributed by atoms with E-state index < -0.39 is 29.3 Å². The number of halogens is 2. The van der Waals surface area contributed by atoms with Crippen LogP contribution in [0, 0.1) is 0 Å². The summed E-state index contributed by atoms with van der Waals surface area (Å²) in [5.74, 6) is -1.45. The highest BCUT2D eigenvalue weighted by Crippen LogP contribution is 2.35. The predicted octanol–water partition coefficient (Wildman–Crippen LogP) is 0.715. The van der Waals surface area contributed by atoms with Crippen LogP contribution in [-0.4, -0.2) is 53.8 Å². The molecule has 8 heteroatoms. The van der Waals surface area contributed by atoms with Crippen LogP contribution in [-0.2, 0) is 14.3 Å². The zero-order valence-corrected chi connectivity index (χ0v) is 11.0. The van der Waals surface area contributed by atoms with Gasteiger partial charge in [-0.2, -0.15) is 8.78 Å². The molecular formula is C11H16F2N2O4. The molecular weight excluding hydrogens is 262 g/mol. The van der Waals surface area contributed by atoms with E-state index >= 15 is 0 Å². The molecule has 108 valence electrons. The second-order valence-electron chi connectivity index (χ2n) is 5.82. The fraction of sp³-hybridized carbons (Fsp3) is 0.818. The third-order valence-electron chi connectivity index (χ3n) is 2.79. The Bertz CT molecular complexity index is 413. The largest absolute Gasteiger partial charge is 0.444 e. The van der Waals surface area contributed by atoms with E-state index in [1.54, 1.807) is 20.8 Å². The number of rotatable bonds is 0. The van der Waals surface area contributed by atoms with Crippen LogP contribution in [0.25, 0.3) is 0 Å². The van der Waals surface area contributed by atoms with Crippen molar-refractivity contribution in [2.75, 3.05) is 19.6 Å². The molecule has 2 fully saturated rings. The molecule has 2 heterocycles. The van der Waals surface area contributed by atoms with E-state index in [0.717, 1.165) is 0 Å². The maximum atomic E-state index is 13.1. The fourth-order valence-corrected chi connectivity index (χ4v) is 1.98. The van der Waals surface area contributed by atoms with Crippen molar-refractivity contribution in [1.29, 1.82) is 0 Å². The van der Waals surface area contributed by atoms with Crippen molar-refractivity contribution in [2.45, 2.75) is 38.1 Å². The highest BCUT2D eigenvalue weighted by molar-refractivity contribution is 5.83. The first-order chi connectivity index (χ1) is 8.53. The van der Waals surface area contributed by atoms with Gasteiger partial charge in [-0.15, -0.1) is 0 Å². The predicted molar refractivity (Wildman–Crippen MR) is 59.6 cm³/mol. The first-order valence-electron chi connectivity index (χ1n) is 5.87. The zero-order valence-electron chi connectivity index (χ0n) is 11.0. The SMILES string of the molecule is CC(C)(C)OC(=O)N1CC2(CNC(=O)C(F)(F)O2)C1. The van der Waals surface area contributed by atoms with Crippen LogP contribution in [0.3, 0.4) is 0 Å². The third-order valence-corrected chi connectivity index (χ3v) is 2.79. The Morgan fingerprint density at radius 3 is 2.47 bits per heavy atom. The van der Waals surface area contributed by atoms with E-state index in [2.05, 4.69) is 10.1 Å². The number of nitrogens with one attached hydrogen (secondary N) is 1. The Morgan fingerprint density at radius 2 is 2.00 bits per heavy atom. The fourth-order valence-electron chi connectivity index (χ4n) is 1.98. The molecule has 1 N–H and O–H groups in total. The van der Waals surface area contributed by atoms with Crippen molar-refractivity contribution < 1.29 is 27.8 Å². The van der Waals surface area contributed by atoms with E-state index in [1.807, 2.05) is 0 Å². The molecule has 0 bridgehead atoms. The lowest BCUT2D eigenvalue weighted by molar-refractivity contribution is -0.312. The van der Waals surface area contributed by atoms with Crippen molar-refractivity contribution in [3.05, 3.63) is 0 Å². The van der Waals surface area contributed by atoms with Gasteiger partial charge >= 0.3 is 18.1 Å². The number of ether oxygens (including phenoxy) is 2. The van der Waals surface area contributed by atoms with Crippen LogP contribution in [0.1, 0.15) is 20.8 Å². The van der Waals surface area contributed by atoms with Gasteiger partial charge in [0.2, 0.25) is 0 Å². The number of carbonyl (C=O) groups excluding carboxylic acids is 2. The van der Waals surface area contributed by atoms with E-state index in [0.29, 0.717) is 0 Å². The summed E-state index contributed by atoms with van der Waals surface area (Å²) >= 11 is 0. The molecule has 0 radical (unpaired) electrons. The number of alkyl halides is 2. The van der Waals surface area contributed by atoms with Gasteiger partial charge in [0.1, 0.15) is 11.2 Å². The normalized spacial score (nSPS) is 24.7. The molecule has 19 heavy (non-hydrogen) atoms. The van der Waals surface area contributed by atoms with Crippen molar-refractivity contribution in [1.82, 2.24) is 10.2 Å². The highest BCUT2D eigenvalue weighted by atomic mass is 19.3. The monoisotopic (exact) mass is 278 g/mol. The first-order valence-corrected chi connectivity index (χ1v) is 5.87. The first kappa shape index (κ1) is 14.0. The number of hydrogen-bond acceptors (Lipinski definition) is 4. The van der Waals surface area contributed by atoms with Crippen molar-refractivity contribution in [3.63, 3.8) is 0 Å². The molecule has 6 nitrogen and oxygen atoms in total. The number of carbonyl (C=O) groups is 2. The summed E-state index contributed by atoms with van der Waals surface area (Å²) in [7, 11) is 0. The number of nitrogens with zero attached hydrogens (tertiary/aromatic N) is 1. The molecule has 0 aromatic heterocycles. The quantitative estimate of drug-likeness (QED) is 0.709. The molecule has 0 aromatic rings. The van der Waals surface area contributed by atoms with Gasteiger partial charge in [0.05, 0.1) is 19.6 Å². The van der Waals surface area contributed by atoms with E-state index in [9.17, 15) is 18.4 Å². The average molecular weight is 278 g/mol.